The molecule has 0 spiro atoms. The van der Waals surface area contributed by atoms with E-state index in [1.807, 2.05) is 54.6 Å². The molecule has 0 radical (unpaired) electrons. The highest BCUT2D eigenvalue weighted by Crippen LogP contribution is 2.15. The minimum absolute atomic E-state index is 0.300. The van der Waals surface area contributed by atoms with E-state index in [0.29, 0.717) is 12.5 Å². The summed E-state index contributed by atoms with van der Waals surface area (Å²) in [4.78, 5) is 21.2. The monoisotopic (exact) mass is 366 g/mol. The highest BCUT2D eigenvalue weighted by atomic mass is 16.5. The van der Waals surface area contributed by atoms with Gasteiger partial charge < -0.3 is 9.84 Å². The Morgan fingerprint density at radius 3 is 2.00 bits per heavy atom. The number of esters is 1. The lowest BCUT2D eigenvalue weighted by Gasteiger charge is -2.04. The van der Waals surface area contributed by atoms with Crippen molar-refractivity contribution < 1.29 is 19.4 Å². The average Bonchev–Trinajstić information content (AvgIpc) is 2.66. The summed E-state index contributed by atoms with van der Waals surface area (Å²) in [5, 5.41) is 8.43. The number of hydrogen-bond donors (Lipinski definition) is 1. The maximum Gasteiger partial charge on any atom is 0.330 e. The highest BCUT2D eigenvalue weighted by Gasteiger charge is 1.97. The molecule has 2 aromatic rings. The van der Waals surface area contributed by atoms with Crippen LogP contribution in [0.2, 0.25) is 0 Å². The summed E-state index contributed by atoms with van der Waals surface area (Å²) in [6.45, 7) is 6.45. The van der Waals surface area contributed by atoms with Gasteiger partial charge in [0.2, 0.25) is 0 Å². The molecular weight excluding hydrogens is 340 g/mol. The average molecular weight is 366 g/mol. The van der Waals surface area contributed by atoms with Crippen molar-refractivity contribution in [3.05, 3.63) is 83.4 Å². The van der Waals surface area contributed by atoms with E-state index in [-0.39, 0.29) is 5.97 Å². The fourth-order valence-electron chi connectivity index (χ4n) is 2.08. The second-order valence-corrected chi connectivity index (χ2v) is 5.99. The lowest BCUT2D eigenvalue weighted by atomic mass is 10.0. The summed E-state index contributed by atoms with van der Waals surface area (Å²) in [6, 6.07) is 17.5. The van der Waals surface area contributed by atoms with E-state index in [0.717, 1.165) is 17.2 Å². The molecule has 0 saturated heterocycles. The van der Waals surface area contributed by atoms with Gasteiger partial charge in [-0.25, -0.2) is 9.59 Å². The SMILES string of the molecule is CC(C)c1ccc(/C=C/C(=O)O)cc1.CCOC(=O)/C=C/c1ccccc1. The molecule has 0 atom stereocenters. The summed E-state index contributed by atoms with van der Waals surface area (Å²) in [6.07, 6.45) is 5.90. The molecule has 4 nitrogen and oxygen atoms in total. The molecular formula is C23H26O4. The van der Waals surface area contributed by atoms with Gasteiger partial charge in [0.1, 0.15) is 0 Å². The van der Waals surface area contributed by atoms with Gasteiger partial charge >= 0.3 is 11.9 Å². The zero-order valence-corrected chi connectivity index (χ0v) is 16.0. The number of benzene rings is 2. The van der Waals surface area contributed by atoms with Gasteiger partial charge in [-0.1, -0.05) is 68.4 Å². The Bertz CT molecular complexity index is 757. The first-order valence-corrected chi connectivity index (χ1v) is 8.83. The van der Waals surface area contributed by atoms with Gasteiger partial charge in [0.25, 0.3) is 0 Å². The molecule has 0 aliphatic carbocycles. The smallest absolute Gasteiger partial charge is 0.330 e. The minimum Gasteiger partial charge on any atom is -0.478 e. The molecule has 4 heteroatoms. The van der Waals surface area contributed by atoms with Crippen LogP contribution in [0.3, 0.4) is 0 Å². The van der Waals surface area contributed by atoms with Crippen molar-refractivity contribution >= 4 is 24.1 Å². The number of carbonyl (C=O) groups is 2. The van der Waals surface area contributed by atoms with E-state index in [4.69, 9.17) is 9.84 Å². The van der Waals surface area contributed by atoms with Crippen LogP contribution in [-0.2, 0) is 14.3 Å². The zero-order valence-electron chi connectivity index (χ0n) is 16.0. The van der Waals surface area contributed by atoms with Crippen LogP contribution in [0.5, 0.6) is 0 Å². The molecule has 0 heterocycles. The topological polar surface area (TPSA) is 63.6 Å². The molecule has 0 saturated carbocycles. The molecule has 0 aromatic heterocycles. The summed E-state index contributed by atoms with van der Waals surface area (Å²) in [5.41, 5.74) is 3.17. The number of carboxylic acids is 1. The van der Waals surface area contributed by atoms with Crippen LogP contribution in [0.25, 0.3) is 12.2 Å². The van der Waals surface area contributed by atoms with Crippen molar-refractivity contribution in [3.63, 3.8) is 0 Å². The van der Waals surface area contributed by atoms with Crippen molar-refractivity contribution in [1.82, 2.24) is 0 Å². The van der Waals surface area contributed by atoms with E-state index in [9.17, 15) is 9.59 Å². The van der Waals surface area contributed by atoms with Gasteiger partial charge in [0, 0.05) is 12.2 Å². The van der Waals surface area contributed by atoms with Crippen LogP contribution in [0.4, 0.5) is 0 Å². The Balaban J connectivity index is 0.000000271. The van der Waals surface area contributed by atoms with Gasteiger partial charge in [-0.3, -0.25) is 0 Å². The molecule has 27 heavy (non-hydrogen) atoms. The van der Waals surface area contributed by atoms with Crippen molar-refractivity contribution in [2.75, 3.05) is 6.61 Å². The molecule has 0 aliphatic rings. The maximum absolute atomic E-state index is 10.9. The summed E-state index contributed by atoms with van der Waals surface area (Å²) in [5.74, 6) is -0.711. The largest absolute Gasteiger partial charge is 0.478 e. The number of carbonyl (C=O) groups excluding carboxylic acids is 1. The van der Waals surface area contributed by atoms with Gasteiger partial charge in [0.15, 0.2) is 0 Å². The number of carboxylic acid groups (broad SMARTS) is 1. The number of hydrogen-bond acceptors (Lipinski definition) is 3. The first-order chi connectivity index (χ1) is 12.9. The van der Waals surface area contributed by atoms with Gasteiger partial charge in [-0.15, -0.1) is 0 Å². The molecule has 0 unspecified atom stereocenters. The van der Waals surface area contributed by atoms with Crippen LogP contribution < -0.4 is 0 Å². The van der Waals surface area contributed by atoms with Gasteiger partial charge in [-0.05, 0) is 41.7 Å². The normalized spacial score (nSPS) is 10.7. The Morgan fingerprint density at radius 1 is 0.926 bits per heavy atom. The van der Waals surface area contributed by atoms with E-state index in [1.165, 1.54) is 11.6 Å². The Labute approximate surface area is 160 Å². The summed E-state index contributed by atoms with van der Waals surface area (Å²) >= 11 is 0. The second kappa shape index (κ2) is 12.3. The van der Waals surface area contributed by atoms with Crippen LogP contribution in [0, 0.1) is 0 Å². The van der Waals surface area contributed by atoms with E-state index < -0.39 is 5.97 Å². The Hall–Kier alpha value is -3.14. The summed E-state index contributed by atoms with van der Waals surface area (Å²) < 4.78 is 4.74. The van der Waals surface area contributed by atoms with Crippen molar-refractivity contribution in [3.8, 4) is 0 Å². The fraction of sp³-hybridized carbons (Fsp3) is 0.217. The Kier molecular flexibility index (Phi) is 9.94. The highest BCUT2D eigenvalue weighted by molar-refractivity contribution is 5.87. The number of rotatable bonds is 6. The van der Waals surface area contributed by atoms with E-state index in [2.05, 4.69) is 13.8 Å². The minimum atomic E-state index is -0.919. The predicted octanol–water partition coefficient (Wildman–Crippen LogP) is 5.17. The van der Waals surface area contributed by atoms with Crippen LogP contribution in [0.1, 0.15) is 43.4 Å². The molecule has 0 fully saturated rings. The van der Waals surface area contributed by atoms with Crippen molar-refractivity contribution in [2.45, 2.75) is 26.7 Å². The third-order valence-electron chi connectivity index (χ3n) is 3.52. The fourth-order valence-corrected chi connectivity index (χ4v) is 2.08. The predicted molar refractivity (Wildman–Crippen MR) is 109 cm³/mol. The van der Waals surface area contributed by atoms with E-state index in [1.54, 1.807) is 19.1 Å². The van der Waals surface area contributed by atoms with Crippen molar-refractivity contribution in [2.24, 2.45) is 0 Å². The first-order valence-electron chi connectivity index (χ1n) is 8.83. The number of aliphatic carboxylic acids is 1. The third-order valence-corrected chi connectivity index (χ3v) is 3.52. The molecule has 0 aliphatic heterocycles. The molecule has 0 amide bonds. The standard InChI is InChI=1S/C12H14O2.C11H12O2/c1-9(2)11-6-3-10(4-7-11)5-8-12(13)14;1-2-13-11(12)9-8-10-6-4-3-5-7-10/h3-9H,1-2H3,(H,13,14);3-9H,2H2,1H3/b8-5+;9-8+. The molecule has 0 bridgehead atoms. The first kappa shape index (κ1) is 21.9. The third kappa shape index (κ3) is 9.80. The molecule has 2 rings (SSSR count). The number of ether oxygens (including phenoxy) is 1. The lowest BCUT2D eigenvalue weighted by molar-refractivity contribution is -0.137. The van der Waals surface area contributed by atoms with Crippen molar-refractivity contribution in [1.29, 1.82) is 0 Å². The molecule has 142 valence electrons. The molecule has 1 N–H and O–H groups in total. The molecule has 2 aromatic carbocycles. The van der Waals surface area contributed by atoms with Crippen LogP contribution in [-0.4, -0.2) is 23.7 Å². The quantitative estimate of drug-likeness (QED) is 0.566. The lowest BCUT2D eigenvalue weighted by Crippen LogP contribution is -1.98. The van der Waals surface area contributed by atoms with Crippen LogP contribution in [0.15, 0.2) is 66.7 Å². The second-order valence-electron chi connectivity index (χ2n) is 5.99. The maximum atomic E-state index is 10.9. The van der Waals surface area contributed by atoms with E-state index >= 15 is 0 Å². The van der Waals surface area contributed by atoms with Crippen LogP contribution >= 0.6 is 0 Å². The summed E-state index contributed by atoms with van der Waals surface area (Å²) in [7, 11) is 0. The zero-order chi connectivity index (χ0) is 20.1. The van der Waals surface area contributed by atoms with Gasteiger partial charge in [-0.2, -0.15) is 0 Å². The van der Waals surface area contributed by atoms with Gasteiger partial charge in [0.05, 0.1) is 6.61 Å². The Morgan fingerprint density at radius 2 is 1.48 bits per heavy atom.